The third kappa shape index (κ3) is 6.54. The van der Waals surface area contributed by atoms with Crippen molar-refractivity contribution in [3.63, 3.8) is 0 Å². The number of pyridine rings is 1. The molecule has 3 aliphatic rings. The molecule has 44 heavy (non-hydrogen) atoms. The molecule has 6 rings (SSSR count). The Balaban J connectivity index is 1.12. The summed E-state index contributed by atoms with van der Waals surface area (Å²) in [5.74, 6) is 0.743. The number of carbonyl (C=O) groups excluding carboxylic acids is 1. The zero-order valence-electron chi connectivity index (χ0n) is 25.8. The number of piperidine rings is 1. The van der Waals surface area contributed by atoms with Crippen LogP contribution in [0.1, 0.15) is 49.2 Å². The minimum absolute atomic E-state index is 0.264. The highest BCUT2D eigenvalue weighted by Crippen LogP contribution is 2.34. The van der Waals surface area contributed by atoms with Crippen molar-refractivity contribution in [1.82, 2.24) is 30.1 Å². The van der Waals surface area contributed by atoms with E-state index in [0.717, 1.165) is 30.9 Å². The van der Waals surface area contributed by atoms with E-state index in [1.165, 1.54) is 44.2 Å². The maximum atomic E-state index is 12.9. The predicted octanol–water partition coefficient (Wildman–Crippen LogP) is 3.86. The van der Waals surface area contributed by atoms with Gasteiger partial charge in [-0.15, -0.1) is 6.58 Å². The fourth-order valence-electron chi connectivity index (χ4n) is 6.61. The zero-order chi connectivity index (χ0) is 30.8. The van der Waals surface area contributed by atoms with E-state index in [4.69, 9.17) is 0 Å². The number of nitrogens with zero attached hydrogens (tertiary/aromatic N) is 6. The van der Waals surface area contributed by atoms with Gasteiger partial charge >= 0.3 is 0 Å². The average molecular weight is 598 g/mol. The first kappa shape index (κ1) is 30.0. The molecule has 0 spiro atoms. The van der Waals surface area contributed by atoms with Gasteiger partial charge in [-0.2, -0.15) is 4.98 Å². The maximum Gasteiger partial charge on any atom is 0.256 e. The van der Waals surface area contributed by atoms with Crippen LogP contribution in [0.25, 0.3) is 0 Å². The second-order valence-electron chi connectivity index (χ2n) is 12.6. The summed E-state index contributed by atoms with van der Waals surface area (Å²) >= 11 is 0. The van der Waals surface area contributed by atoms with Crippen molar-refractivity contribution in [3.8, 4) is 0 Å². The number of carbonyl (C=O) groups is 1. The minimum Gasteiger partial charge on any atom is -0.384 e. The molecule has 0 radical (unpaired) electrons. The van der Waals surface area contributed by atoms with Gasteiger partial charge in [0.05, 0.1) is 5.69 Å². The van der Waals surface area contributed by atoms with Gasteiger partial charge in [0.1, 0.15) is 22.8 Å². The second kappa shape index (κ2) is 12.5. The van der Waals surface area contributed by atoms with E-state index < -0.39 is 5.60 Å². The lowest BCUT2D eigenvalue weighted by Gasteiger charge is -2.42. The average Bonchev–Trinajstić information content (AvgIpc) is 3.60. The minimum atomic E-state index is -1.12. The number of piperazine rings is 1. The Morgan fingerprint density at radius 3 is 2.48 bits per heavy atom. The van der Waals surface area contributed by atoms with E-state index in [1.54, 1.807) is 38.1 Å². The van der Waals surface area contributed by atoms with Gasteiger partial charge < -0.3 is 30.9 Å². The number of benzene rings is 1. The van der Waals surface area contributed by atoms with E-state index in [9.17, 15) is 9.90 Å². The lowest BCUT2D eigenvalue weighted by molar-refractivity contribution is 0.0740. The Labute approximate surface area is 259 Å². The summed E-state index contributed by atoms with van der Waals surface area (Å²) in [6.07, 6.45) is 6.84. The summed E-state index contributed by atoms with van der Waals surface area (Å²) in [6, 6.07) is 15.8. The van der Waals surface area contributed by atoms with Gasteiger partial charge in [0.2, 0.25) is 5.95 Å². The van der Waals surface area contributed by atoms with Crippen molar-refractivity contribution < 1.29 is 9.90 Å². The Hall–Kier alpha value is -4.06. The molecule has 0 saturated carbocycles. The molecule has 1 amide bonds. The normalized spacial score (nSPS) is 21.0. The smallest absolute Gasteiger partial charge is 0.256 e. The number of anilines is 5. The molecule has 2 aromatic heterocycles. The number of likely N-dealkylation sites (tertiary alicyclic amines) is 2. The van der Waals surface area contributed by atoms with E-state index >= 15 is 0 Å². The predicted molar refractivity (Wildman–Crippen MR) is 174 cm³/mol. The monoisotopic (exact) mass is 597 g/mol. The number of hydrogen-bond acceptors (Lipinski definition) is 10. The van der Waals surface area contributed by atoms with E-state index in [1.807, 2.05) is 12.1 Å². The standard InChI is InChI=1S/C33H43N9O2/c1-5-15-34-31(43)27-19-35-32(39-30(27)38-29-8-6-7-28(37-29)33(2,3)44)36-22-9-11-23(12-10-22)41-16-13-24(14-17-41)42-21-25-18-26(42)20-40(25)4/h5-12,19,24-26,44H,1,13-18,20-21H2,2-4H3,(H,34,43)(H2,35,36,37,38,39). The summed E-state index contributed by atoms with van der Waals surface area (Å²) in [6.45, 7) is 11.9. The molecular weight excluding hydrogens is 554 g/mol. The number of amides is 1. The van der Waals surface area contributed by atoms with Crippen molar-refractivity contribution >= 4 is 34.9 Å². The first-order valence-electron chi connectivity index (χ1n) is 15.5. The summed E-state index contributed by atoms with van der Waals surface area (Å²) in [4.78, 5) is 34.2. The van der Waals surface area contributed by atoms with Crippen molar-refractivity contribution in [1.29, 1.82) is 0 Å². The van der Waals surface area contributed by atoms with Crippen LogP contribution in [-0.4, -0.2) is 93.7 Å². The number of rotatable bonds is 10. The first-order chi connectivity index (χ1) is 21.2. The van der Waals surface area contributed by atoms with Crippen molar-refractivity contribution in [2.45, 2.75) is 56.8 Å². The molecule has 3 aromatic rings. The summed E-state index contributed by atoms with van der Waals surface area (Å²) in [7, 11) is 2.26. The van der Waals surface area contributed by atoms with E-state index in [2.05, 4.69) is 71.4 Å². The Morgan fingerprint density at radius 1 is 1.05 bits per heavy atom. The molecule has 4 N–H and O–H groups in total. The third-order valence-corrected chi connectivity index (χ3v) is 9.04. The Bertz CT molecular complexity index is 1480. The SMILES string of the molecule is C=CCNC(=O)c1cnc(Nc2ccc(N3CCC(N4CC5CC4CN5C)CC3)cc2)nc1Nc1cccc(C(C)(C)O)n1. The van der Waals surface area contributed by atoms with Crippen LogP contribution in [0.2, 0.25) is 0 Å². The number of likely N-dealkylation sites (N-methyl/N-ethyl adjacent to an activating group) is 1. The first-order valence-corrected chi connectivity index (χ1v) is 15.5. The molecular formula is C33H43N9O2. The third-order valence-electron chi connectivity index (χ3n) is 9.04. The summed E-state index contributed by atoms with van der Waals surface area (Å²) in [5, 5.41) is 19.6. The van der Waals surface area contributed by atoms with Crippen LogP contribution in [0.3, 0.4) is 0 Å². The van der Waals surface area contributed by atoms with Crippen LogP contribution >= 0.6 is 0 Å². The van der Waals surface area contributed by atoms with E-state index in [-0.39, 0.29) is 11.5 Å². The van der Waals surface area contributed by atoms with Gasteiger partial charge in [-0.1, -0.05) is 12.1 Å². The molecule has 232 valence electrons. The Morgan fingerprint density at radius 2 is 1.82 bits per heavy atom. The largest absolute Gasteiger partial charge is 0.384 e. The number of nitrogens with one attached hydrogen (secondary N) is 3. The van der Waals surface area contributed by atoms with Gasteiger partial charge in [0.25, 0.3) is 5.91 Å². The van der Waals surface area contributed by atoms with Gasteiger partial charge in [0.15, 0.2) is 0 Å². The molecule has 3 saturated heterocycles. The molecule has 2 unspecified atom stereocenters. The molecule has 3 aliphatic heterocycles. The Kier molecular flexibility index (Phi) is 8.53. The summed E-state index contributed by atoms with van der Waals surface area (Å²) in [5.41, 5.74) is 1.70. The fourth-order valence-corrected chi connectivity index (χ4v) is 6.61. The molecule has 11 nitrogen and oxygen atoms in total. The summed E-state index contributed by atoms with van der Waals surface area (Å²) < 4.78 is 0. The molecule has 3 fully saturated rings. The number of fused-ring (bicyclic) bond motifs is 2. The highest BCUT2D eigenvalue weighted by atomic mass is 16.3. The molecule has 2 bridgehead atoms. The van der Waals surface area contributed by atoms with Gasteiger partial charge in [0, 0.05) is 68.4 Å². The van der Waals surface area contributed by atoms with E-state index in [0.29, 0.717) is 35.9 Å². The van der Waals surface area contributed by atoms with Gasteiger partial charge in [-0.3, -0.25) is 9.69 Å². The molecule has 5 heterocycles. The highest BCUT2D eigenvalue weighted by Gasteiger charge is 2.44. The lowest BCUT2D eigenvalue weighted by Crippen LogP contribution is -2.52. The van der Waals surface area contributed by atoms with Crippen LogP contribution < -0.4 is 20.9 Å². The number of hydrogen-bond donors (Lipinski definition) is 4. The highest BCUT2D eigenvalue weighted by molar-refractivity contribution is 5.99. The van der Waals surface area contributed by atoms with Crippen molar-refractivity contribution in [2.75, 3.05) is 55.3 Å². The van der Waals surface area contributed by atoms with Crippen molar-refractivity contribution in [2.24, 2.45) is 0 Å². The van der Waals surface area contributed by atoms with Gasteiger partial charge in [-0.25, -0.2) is 9.97 Å². The molecule has 1 aromatic carbocycles. The quantitative estimate of drug-likeness (QED) is 0.256. The van der Waals surface area contributed by atoms with Crippen LogP contribution in [0.5, 0.6) is 0 Å². The molecule has 11 heteroatoms. The number of aromatic nitrogens is 3. The van der Waals surface area contributed by atoms with Crippen molar-refractivity contribution in [3.05, 3.63) is 72.6 Å². The molecule has 2 atom stereocenters. The second-order valence-corrected chi connectivity index (χ2v) is 12.6. The van der Waals surface area contributed by atoms with Crippen LogP contribution in [0.4, 0.5) is 29.0 Å². The van der Waals surface area contributed by atoms with Crippen LogP contribution in [0, 0.1) is 0 Å². The molecule has 0 aliphatic carbocycles. The maximum absolute atomic E-state index is 12.9. The van der Waals surface area contributed by atoms with Crippen LogP contribution in [0.15, 0.2) is 61.3 Å². The number of aliphatic hydroxyl groups is 1. The topological polar surface area (TPSA) is 122 Å². The fraction of sp³-hybridized carbons (Fsp3) is 0.455. The van der Waals surface area contributed by atoms with Crippen LogP contribution in [-0.2, 0) is 5.60 Å². The lowest BCUT2D eigenvalue weighted by atomic mass is 10.0. The van der Waals surface area contributed by atoms with Gasteiger partial charge in [-0.05, 0) is 76.6 Å². The zero-order valence-corrected chi connectivity index (χ0v) is 25.8.